The summed E-state index contributed by atoms with van der Waals surface area (Å²) in [5.41, 5.74) is 0.445. The SMILES string of the molecule is O=C(Cc1nccs1)Cc1cc(F)ccc1Oc1ccc(F)cc1. The van der Waals surface area contributed by atoms with Crippen LogP contribution in [-0.2, 0) is 17.6 Å². The van der Waals surface area contributed by atoms with Crippen LogP contribution < -0.4 is 4.74 Å². The number of hydrogen-bond donors (Lipinski definition) is 0. The van der Waals surface area contributed by atoms with Crippen molar-refractivity contribution in [3.8, 4) is 11.5 Å². The Labute approximate surface area is 141 Å². The number of aromatic nitrogens is 1. The number of nitrogens with zero attached hydrogens (tertiary/aromatic N) is 1. The normalized spacial score (nSPS) is 10.6. The summed E-state index contributed by atoms with van der Waals surface area (Å²) >= 11 is 1.40. The maximum atomic E-state index is 13.5. The van der Waals surface area contributed by atoms with Gasteiger partial charge in [-0.3, -0.25) is 4.79 Å². The Balaban J connectivity index is 1.77. The number of thiazole rings is 1. The van der Waals surface area contributed by atoms with Gasteiger partial charge in [-0.05, 0) is 42.5 Å². The Hall–Kier alpha value is -2.60. The van der Waals surface area contributed by atoms with Crippen LogP contribution >= 0.6 is 11.3 Å². The van der Waals surface area contributed by atoms with Crippen molar-refractivity contribution in [3.63, 3.8) is 0 Å². The van der Waals surface area contributed by atoms with Crippen LogP contribution in [0.5, 0.6) is 11.5 Å². The fourth-order valence-corrected chi connectivity index (χ4v) is 2.84. The molecule has 0 radical (unpaired) electrons. The molecule has 0 spiro atoms. The topological polar surface area (TPSA) is 39.2 Å². The van der Waals surface area contributed by atoms with Crippen LogP contribution in [0.1, 0.15) is 10.6 Å². The van der Waals surface area contributed by atoms with Crippen LogP contribution in [0.2, 0.25) is 0 Å². The van der Waals surface area contributed by atoms with E-state index in [1.807, 2.05) is 0 Å². The second kappa shape index (κ2) is 7.31. The van der Waals surface area contributed by atoms with E-state index < -0.39 is 5.82 Å². The van der Waals surface area contributed by atoms with Gasteiger partial charge in [0.2, 0.25) is 0 Å². The first-order valence-corrected chi connectivity index (χ1v) is 8.10. The molecule has 3 rings (SSSR count). The lowest BCUT2D eigenvalue weighted by Crippen LogP contribution is -2.07. The Morgan fingerprint density at radius 1 is 1.04 bits per heavy atom. The van der Waals surface area contributed by atoms with Crippen LogP contribution in [0.4, 0.5) is 8.78 Å². The highest BCUT2D eigenvalue weighted by Gasteiger charge is 2.13. The molecule has 0 unspecified atom stereocenters. The highest BCUT2D eigenvalue weighted by molar-refractivity contribution is 7.09. The van der Waals surface area contributed by atoms with Gasteiger partial charge in [0, 0.05) is 23.6 Å². The van der Waals surface area contributed by atoms with E-state index >= 15 is 0 Å². The van der Waals surface area contributed by atoms with Gasteiger partial charge in [0.05, 0.1) is 11.4 Å². The fraction of sp³-hybridized carbons (Fsp3) is 0.111. The van der Waals surface area contributed by atoms with Crippen molar-refractivity contribution in [2.24, 2.45) is 0 Å². The van der Waals surface area contributed by atoms with E-state index in [4.69, 9.17) is 4.74 Å². The van der Waals surface area contributed by atoms with E-state index in [9.17, 15) is 13.6 Å². The van der Waals surface area contributed by atoms with Gasteiger partial charge in [0.25, 0.3) is 0 Å². The molecular weight excluding hydrogens is 332 g/mol. The smallest absolute Gasteiger partial charge is 0.144 e. The molecule has 3 aromatic rings. The number of carbonyl (C=O) groups is 1. The van der Waals surface area contributed by atoms with Gasteiger partial charge in [-0.1, -0.05) is 0 Å². The molecule has 1 heterocycles. The van der Waals surface area contributed by atoms with E-state index in [2.05, 4.69) is 4.98 Å². The van der Waals surface area contributed by atoms with E-state index in [0.29, 0.717) is 17.1 Å². The van der Waals surface area contributed by atoms with E-state index in [-0.39, 0.29) is 24.4 Å². The molecule has 0 aliphatic heterocycles. The Morgan fingerprint density at radius 2 is 1.79 bits per heavy atom. The first-order chi connectivity index (χ1) is 11.6. The minimum Gasteiger partial charge on any atom is -0.457 e. The van der Waals surface area contributed by atoms with Gasteiger partial charge >= 0.3 is 0 Å². The second-order valence-electron chi connectivity index (χ2n) is 5.13. The number of hydrogen-bond acceptors (Lipinski definition) is 4. The van der Waals surface area contributed by atoms with Gasteiger partial charge in [-0.2, -0.15) is 0 Å². The van der Waals surface area contributed by atoms with Crippen LogP contribution in [0.3, 0.4) is 0 Å². The van der Waals surface area contributed by atoms with E-state index in [0.717, 1.165) is 5.01 Å². The van der Waals surface area contributed by atoms with Crippen molar-refractivity contribution in [1.29, 1.82) is 0 Å². The van der Waals surface area contributed by atoms with Crippen molar-refractivity contribution < 1.29 is 18.3 Å². The van der Waals surface area contributed by atoms with E-state index in [1.165, 1.54) is 53.8 Å². The maximum absolute atomic E-state index is 13.5. The van der Waals surface area contributed by atoms with Crippen molar-refractivity contribution in [2.45, 2.75) is 12.8 Å². The summed E-state index contributed by atoms with van der Waals surface area (Å²) < 4.78 is 32.2. The minimum atomic E-state index is -0.446. The summed E-state index contributed by atoms with van der Waals surface area (Å²) in [4.78, 5) is 16.3. The first-order valence-electron chi connectivity index (χ1n) is 7.22. The molecule has 24 heavy (non-hydrogen) atoms. The van der Waals surface area contributed by atoms with Gasteiger partial charge < -0.3 is 4.74 Å². The third-order valence-electron chi connectivity index (χ3n) is 3.28. The highest BCUT2D eigenvalue weighted by atomic mass is 32.1. The van der Waals surface area contributed by atoms with Gasteiger partial charge in [0.15, 0.2) is 0 Å². The maximum Gasteiger partial charge on any atom is 0.144 e. The molecule has 0 fully saturated rings. The second-order valence-corrected chi connectivity index (χ2v) is 6.11. The number of benzene rings is 2. The predicted molar refractivity (Wildman–Crippen MR) is 87.4 cm³/mol. The van der Waals surface area contributed by atoms with Crippen molar-refractivity contribution >= 4 is 17.1 Å². The number of halogens is 2. The molecule has 0 amide bonds. The molecular formula is C18H13F2NO2S. The molecule has 0 bridgehead atoms. The average Bonchev–Trinajstić information content (AvgIpc) is 3.05. The average molecular weight is 345 g/mol. The number of Topliss-reactive ketones (excluding diaryl/α,β-unsaturated/α-hetero) is 1. The third kappa shape index (κ3) is 4.23. The molecule has 0 saturated heterocycles. The van der Waals surface area contributed by atoms with Gasteiger partial charge in [0.1, 0.15) is 28.9 Å². The first kappa shape index (κ1) is 16.3. The zero-order valence-corrected chi connectivity index (χ0v) is 13.4. The highest BCUT2D eigenvalue weighted by Crippen LogP contribution is 2.27. The lowest BCUT2D eigenvalue weighted by atomic mass is 10.1. The van der Waals surface area contributed by atoms with Crippen LogP contribution in [0.15, 0.2) is 54.0 Å². The Bertz CT molecular complexity index is 833. The molecule has 1 aromatic heterocycles. The Morgan fingerprint density at radius 3 is 2.50 bits per heavy atom. The lowest BCUT2D eigenvalue weighted by molar-refractivity contribution is -0.117. The molecule has 0 aliphatic carbocycles. The predicted octanol–water partition coefficient (Wildman–Crippen LogP) is 4.57. The van der Waals surface area contributed by atoms with Crippen molar-refractivity contribution in [1.82, 2.24) is 4.98 Å². The summed E-state index contributed by atoms with van der Waals surface area (Å²) in [6.45, 7) is 0. The number of ether oxygens (including phenoxy) is 1. The molecule has 0 saturated carbocycles. The largest absolute Gasteiger partial charge is 0.457 e. The van der Waals surface area contributed by atoms with Gasteiger partial charge in [-0.15, -0.1) is 11.3 Å². The number of carbonyl (C=O) groups excluding carboxylic acids is 1. The Kier molecular flexibility index (Phi) is 4.96. The summed E-state index contributed by atoms with van der Waals surface area (Å²) in [5.74, 6) is -0.120. The summed E-state index contributed by atoms with van der Waals surface area (Å²) in [5, 5.41) is 2.52. The van der Waals surface area contributed by atoms with E-state index in [1.54, 1.807) is 11.6 Å². The minimum absolute atomic E-state index is 0.0356. The third-order valence-corrected chi connectivity index (χ3v) is 4.06. The van der Waals surface area contributed by atoms with Crippen molar-refractivity contribution in [3.05, 3.63) is 76.2 Å². The lowest BCUT2D eigenvalue weighted by Gasteiger charge is -2.11. The van der Waals surface area contributed by atoms with Crippen LogP contribution in [-0.4, -0.2) is 10.8 Å². The molecule has 0 N–H and O–H groups in total. The fourth-order valence-electron chi connectivity index (χ4n) is 2.20. The molecule has 122 valence electrons. The van der Waals surface area contributed by atoms with Gasteiger partial charge in [-0.25, -0.2) is 13.8 Å². The molecule has 3 nitrogen and oxygen atoms in total. The molecule has 6 heteroatoms. The van der Waals surface area contributed by atoms with Crippen LogP contribution in [0.25, 0.3) is 0 Å². The standard InChI is InChI=1S/C18H13F2NO2S/c19-13-1-4-16(5-2-13)23-17-6-3-14(20)9-12(17)10-15(22)11-18-21-7-8-24-18/h1-9H,10-11H2. The zero-order valence-electron chi connectivity index (χ0n) is 12.5. The molecule has 0 atom stereocenters. The summed E-state index contributed by atoms with van der Waals surface area (Å²) in [7, 11) is 0. The quantitative estimate of drug-likeness (QED) is 0.657. The summed E-state index contributed by atoms with van der Waals surface area (Å²) in [6, 6.07) is 9.48. The number of rotatable bonds is 6. The molecule has 2 aromatic carbocycles. The number of ketones is 1. The summed E-state index contributed by atoms with van der Waals surface area (Å²) in [6.07, 6.45) is 1.87. The van der Waals surface area contributed by atoms with Crippen molar-refractivity contribution in [2.75, 3.05) is 0 Å². The zero-order chi connectivity index (χ0) is 16.9. The van der Waals surface area contributed by atoms with Crippen LogP contribution in [0, 0.1) is 11.6 Å². The monoisotopic (exact) mass is 345 g/mol. The molecule has 0 aliphatic rings.